The van der Waals surface area contributed by atoms with Crippen LogP contribution in [-0.2, 0) is 11.3 Å². The van der Waals surface area contributed by atoms with Crippen LogP contribution in [0.5, 0.6) is 17.2 Å². The summed E-state index contributed by atoms with van der Waals surface area (Å²) in [6, 6.07) is 9.37. The third-order valence-electron chi connectivity index (χ3n) is 5.22. The molecule has 0 fully saturated rings. The first-order valence-electron chi connectivity index (χ1n) is 9.77. The van der Waals surface area contributed by atoms with E-state index in [0.29, 0.717) is 42.4 Å². The number of benzene rings is 2. The summed E-state index contributed by atoms with van der Waals surface area (Å²) in [5.74, 6) is 0.637. The molecule has 7 nitrogen and oxygen atoms in total. The van der Waals surface area contributed by atoms with Crippen LogP contribution in [0.4, 0.5) is 0 Å². The van der Waals surface area contributed by atoms with Gasteiger partial charge in [-0.15, -0.1) is 0 Å². The van der Waals surface area contributed by atoms with Crippen LogP contribution in [0.15, 0.2) is 30.3 Å². The van der Waals surface area contributed by atoms with Gasteiger partial charge in [0, 0.05) is 24.1 Å². The number of methoxy groups -OCH3 is 2. The maximum absolute atomic E-state index is 11.9. The first-order valence-corrected chi connectivity index (χ1v) is 9.77. The van der Waals surface area contributed by atoms with E-state index in [-0.39, 0.29) is 17.7 Å². The van der Waals surface area contributed by atoms with Crippen LogP contribution in [0.3, 0.4) is 0 Å². The second kappa shape index (κ2) is 8.65. The molecule has 0 radical (unpaired) electrons. The number of carboxylic acids is 1. The molecule has 0 saturated heterocycles. The van der Waals surface area contributed by atoms with Crippen LogP contribution in [0.25, 0.3) is 11.1 Å². The number of hydrogen-bond donors (Lipinski definition) is 2. The van der Waals surface area contributed by atoms with Crippen molar-refractivity contribution in [2.45, 2.75) is 33.2 Å². The topological polar surface area (TPSA) is 94.1 Å². The van der Waals surface area contributed by atoms with Gasteiger partial charge in [-0.25, -0.2) is 0 Å². The van der Waals surface area contributed by atoms with Crippen molar-refractivity contribution in [3.05, 3.63) is 41.5 Å². The minimum Gasteiger partial charge on any atom is -0.493 e. The maximum Gasteiger partial charge on any atom is 0.303 e. The number of carbonyl (C=O) groups excluding carboxylic acids is 1. The first-order chi connectivity index (χ1) is 14.3. The highest BCUT2D eigenvalue weighted by atomic mass is 16.5. The van der Waals surface area contributed by atoms with Gasteiger partial charge in [-0.3, -0.25) is 9.59 Å². The smallest absolute Gasteiger partial charge is 0.303 e. The molecule has 1 aliphatic rings. The summed E-state index contributed by atoms with van der Waals surface area (Å²) in [7, 11) is 3.11. The fourth-order valence-electron chi connectivity index (χ4n) is 3.45. The molecule has 0 atom stereocenters. The highest BCUT2D eigenvalue weighted by molar-refractivity contribution is 5.99. The van der Waals surface area contributed by atoms with E-state index in [2.05, 4.69) is 5.32 Å². The van der Waals surface area contributed by atoms with Crippen molar-refractivity contribution in [3.8, 4) is 28.4 Å². The predicted molar refractivity (Wildman–Crippen MR) is 112 cm³/mol. The van der Waals surface area contributed by atoms with Crippen molar-refractivity contribution in [2.24, 2.45) is 5.41 Å². The minimum atomic E-state index is -0.830. The number of rotatable bonds is 9. The second-order valence-electron chi connectivity index (χ2n) is 8.08. The van der Waals surface area contributed by atoms with Gasteiger partial charge < -0.3 is 24.6 Å². The van der Waals surface area contributed by atoms with Crippen LogP contribution < -0.4 is 19.5 Å². The lowest BCUT2D eigenvalue weighted by Crippen LogP contribution is -2.23. The third-order valence-corrected chi connectivity index (χ3v) is 5.22. The monoisotopic (exact) mass is 413 g/mol. The number of aliphatic carboxylic acids is 1. The molecule has 0 saturated carbocycles. The summed E-state index contributed by atoms with van der Waals surface area (Å²) in [5.41, 5.74) is 2.96. The molecule has 0 aromatic heterocycles. The molecule has 0 unspecified atom stereocenters. The van der Waals surface area contributed by atoms with Gasteiger partial charge in [0.2, 0.25) is 5.75 Å². The molecule has 2 aromatic carbocycles. The Morgan fingerprint density at radius 2 is 1.83 bits per heavy atom. The van der Waals surface area contributed by atoms with Crippen molar-refractivity contribution in [3.63, 3.8) is 0 Å². The Bertz CT molecular complexity index is 966. The molecule has 30 heavy (non-hydrogen) atoms. The zero-order chi connectivity index (χ0) is 21.9. The van der Waals surface area contributed by atoms with Crippen molar-refractivity contribution in [1.29, 1.82) is 0 Å². The van der Waals surface area contributed by atoms with Crippen LogP contribution >= 0.6 is 0 Å². The van der Waals surface area contributed by atoms with E-state index < -0.39 is 5.97 Å². The molecule has 1 aliphatic heterocycles. The van der Waals surface area contributed by atoms with Gasteiger partial charge in [0.1, 0.15) is 0 Å². The Hall–Kier alpha value is -3.22. The summed E-state index contributed by atoms with van der Waals surface area (Å²) in [4.78, 5) is 22.8. The van der Waals surface area contributed by atoms with Crippen LogP contribution in [0.1, 0.15) is 42.6 Å². The predicted octanol–water partition coefficient (Wildman–Crippen LogP) is 3.88. The summed E-state index contributed by atoms with van der Waals surface area (Å²) >= 11 is 0. The average Bonchev–Trinajstić information content (AvgIpc) is 3.10. The van der Waals surface area contributed by atoms with Gasteiger partial charge >= 0.3 is 5.97 Å². The Balaban J connectivity index is 1.98. The molecule has 160 valence electrons. The number of carboxylic acid groups (broad SMARTS) is 1. The van der Waals surface area contributed by atoms with Crippen LogP contribution in [0.2, 0.25) is 0 Å². The number of nitrogens with one attached hydrogen (secondary N) is 1. The number of fused-ring (bicyclic) bond motifs is 1. The molecule has 1 heterocycles. The number of hydrogen-bond acceptors (Lipinski definition) is 5. The van der Waals surface area contributed by atoms with E-state index in [1.807, 2.05) is 44.2 Å². The first kappa shape index (κ1) is 21.5. The lowest BCUT2D eigenvalue weighted by atomic mass is 9.89. The van der Waals surface area contributed by atoms with E-state index in [4.69, 9.17) is 19.3 Å². The normalized spacial score (nSPS) is 12.9. The molecule has 0 spiro atoms. The number of carbonyl (C=O) groups is 2. The van der Waals surface area contributed by atoms with Crippen molar-refractivity contribution in [1.82, 2.24) is 5.32 Å². The fraction of sp³-hybridized carbons (Fsp3) is 0.391. The number of amides is 1. The highest BCUT2D eigenvalue weighted by Crippen LogP contribution is 2.45. The molecule has 3 rings (SSSR count). The number of ether oxygens (including phenoxy) is 3. The van der Waals surface area contributed by atoms with E-state index >= 15 is 0 Å². The third kappa shape index (κ3) is 4.50. The summed E-state index contributed by atoms with van der Waals surface area (Å²) in [6.07, 6.45) is 0.556. The second-order valence-corrected chi connectivity index (χ2v) is 8.08. The lowest BCUT2D eigenvalue weighted by molar-refractivity contribution is -0.137. The zero-order valence-electron chi connectivity index (χ0n) is 17.7. The average molecular weight is 413 g/mol. The lowest BCUT2D eigenvalue weighted by Gasteiger charge is -2.26. The molecule has 1 amide bonds. The maximum atomic E-state index is 11.9. The summed E-state index contributed by atoms with van der Waals surface area (Å²) < 4.78 is 17.2. The van der Waals surface area contributed by atoms with Gasteiger partial charge in [0.15, 0.2) is 11.5 Å². The SMILES string of the molecule is COc1ccc(-c2ccc3c(c2)CNC3=O)c(OCC(C)(C)CCC(=O)O)c1OC. The standard InChI is InChI=1S/C23H27NO6/c1-23(2,10-9-19(25)26)13-30-20-16(7-8-18(28-3)21(20)29-4)14-5-6-17-15(11-14)12-24-22(17)27/h5-8,11H,9-10,12-13H2,1-4H3,(H,24,27)(H,25,26). The van der Waals surface area contributed by atoms with E-state index in [9.17, 15) is 9.59 Å². The van der Waals surface area contributed by atoms with Gasteiger partial charge in [0.05, 0.1) is 20.8 Å². The van der Waals surface area contributed by atoms with Crippen LogP contribution in [-0.4, -0.2) is 37.8 Å². The Morgan fingerprint density at radius 1 is 1.10 bits per heavy atom. The van der Waals surface area contributed by atoms with Gasteiger partial charge in [-0.2, -0.15) is 0 Å². The molecule has 0 aliphatic carbocycles. The quantitative estimate of drug-likeness (QED) is 0.648. The zero-order valence-corrected chi connectivity index (χ0v) is 17.7. The molecular formula is C23H27NO6. The van der Waals surface area contributed by atoms with E-state index in [1.54, 1.807) is 14.2 Å². The largest absolute Gasteiger partial charge is 0.493 e. The van der Waals surface area contributed by atoms with E-state index in [1.165, 1.54) is 0 Å². The fourth-order valence-corrected chi connectivity index (χ4v) is 3.45. The van der Waals surface area contributed by atoms with Crippen molar-refractivity contribution < 1.29 is 28.9 Å². The highest BCUT2D eigenvalue weighted by Gasteiger charge is 2.25. The Kier molecular flexibility index (Phi) is 6.20. The summed E-state index contributed by atoms with van der Waals surface area (Å²) in [6.45, 7) is 4.74. The van der Waals surface area contributed by atoms with Crippen LogP contribution in [0, 0.1) is 5.41 Å². The van der Waals surface area contributed by atoms with Gasteiger partial charge in [0.25, 0.3) is 5.91 Å². The Morgan fingerprint density at radius 3 is 2.50 bits per heavy atom. The summed E-state index contributed by atoms with van der Waals surface area (Å²) in [5, 5.41) is 11.8. The van der Waals surface area contributed by atoms with E-state index in [0.717, 1.165) is 16.7 Å². The Labute approximate surface area is 176 Å². The minimum absolute atomic E-state index is 0.0690. The van der Waals surface area contributed by atoms with Gasteiger partial charge in [-0.05, 0) is 47.2 Å². The molecule has 2 N–H and O–H groups in total. The van der Waals surface area contributed by atoms with Crippen molar-refractivity contribution in [2.75, 3.05) is 20.8 Å². The van der Waals surface area contributed by atoms with Gasteiger partial charge in [-0.1, -0.05) is 19.9 Å². The molecule has 2 aromatic rings. The molecular weight excluding hydrogens is 386 g/mol. The molecule has 7 heteroatoms. The van der Waals surface area contributed by atoms with Crippen molar-refractivity contribution >= 4 is 11.9 Å². The molecule has 0 bridgehead atoms.